The zero-order chi connectivity index (χ0) is 26.2. The van der Waals surface area contributed by atoms with E-state index in [4.69, 9.17) is 14.7 Å². The van der Waals surface area contributed by atoms with Crippen LogP contribution >= 0.6 is 12.4 Å². The molecule has 1 aromatic heterocycles. The molecule has 0 saturated carbocycles. The molecular weight excluding hydrogens is 510 g/mol. The van der Waals surface area contributed by atoms with Gasteiger partial charge in [0.2, 0.25) is 17.8 Å². The maximum absolute atomic E-state index is 5.22. The van der Waals surface area contributed by atoms with Gasteiger partial charge in [-0.2, -0.15) is 20.1 Å². The van der Waals surface area contributed by atoms with Crippen molar-refractivity contribution in [2.45, 2.75) is 26.2 Å². The van der Waals surface area contributed by atoms with E-state index in [-0.39, 0.29) is 12.4 Å². The molecule has 2 heterocycles. The number of hydrogen-bond acceptors (Lipinski definition) is 8. The molecule has 0 aliphatic carbocycles. The van der Waals surface area contributed by atoms with Crippen LogP contribution in [-0.2, 0) is 6.42 Å². The smallest absolute Gasteiger partial charge is 0.250 e. The van der Waals surface area contributed by atoms with Crippen LogP contribution in [-0.4, -0.2) is 41.4 Å². The number of hydrogen-bond donors (Lipinski definition) is 2. The summed E-state index contributed by atoms with van der Waals surface area (Å²) < 4.78 is 5.22. The Hall–Kier alpha value is -4.17. The van der Waals surface area contributed by atoms with Crippen LogP contribution in [0.3, 0.4) is 0 Å². The molecule has 5 rings (SSSR count). The van der Waals surface area contributed by atoms with Gasteiger partial charge in [-0.1, -0.05) is 48.0 Å². The maximum Gasteiger partial charge on any atom is 0.250 e. The maximum atomic E-state index is 5.22. The van der Waals surface area contributed by atoms with Gasteiger partial charge in [0.25, 0.3) is 0 Å². The monoisotopic (exact) mass is 543 g/mol. The van der Waals surface area contributed by atoms with Crippen LogP contribution < -0.4 is 20.4 Å². The molecule has 2 N–H and O–H groups in total. The average molecular weight is 544 g/mol. The fourth-order valence-corrected chi connectivity index (χ4v) is 4.52. The molecule has 1 fully saturated rings. The van der Waals surface area contributed by atoms with Crippen molar-refractivity contribution in [1.29, 1.82) is 0 Å². The minimum absolute atomic E-state index is 0. The molecule has 0 atom stereocenters. The Kier molecular flexibility index (Phi) is 9.69. The third-order valence-corrected chi connectivity index (χ3v) is 6.69. The molecule has 39 heavy (non-hydrogen) atoms. The molecule has 1 aliphatic rings. The summed E-state index contributed by atoms with van der Waals surface area (Å²) in [6, 6.07) is 26.5. The van der Waals surface area contributed by atoms with Crippen LogP contribution in [0.15, 0.2) is 84.0 Å². The first-order chi connectivity index (χ1) is 18.6. The quantitative estimate of drug-likeness (QED) is 0.190. The number of ether oxygens (including phenoxy) is 1. The van der Waals surface area contributed by atoms with Gasteiger partial charge in [-0.15, -0.1) is 12.4 Å². The van der Waals surface area contributed by atoms with E-state index < -0.39 is 0 Å². The number of hydrazone groups is 1. The van der Waals surface area contributed by atoms with Crippen LogP contribution in [0.25, 0.3) is 0 Å². The van der Waals surface area contributed by atoms with E-state index in [1.54, 1.807) is 13.3 Å². The lowest BCUT2D eigenvalue weighted by Gasteiger charge is -2.32. The molecule has 0 bridgehead atoms. The van der Waals surface area contributed by atoms with Crippen molar-refractivity contribution in [1.82, 2.24) is 15.0 Å². The Morgan fingerprint density at radius 2 is 1.59 bits per heavy atom. The lowest BCUT2D eigenvalue weighted by molar-refractivity contribution is 0.400. The summed E-state index contributed by atoms with van der Waals surface area (Å²) in [5.74, 6) is 2.98. The van der Waals surface area contributed by atoms with Gasteiger partial charge in [-0.25, -0.2) is 5.43 Å². The van der Waals surface area contributed by atoms with Crippen molar-refractivity contribution in [3.8, 4) is 5.75 Å². The Bertz CT molecular complexity index is 1340. The predicted molar refractivity (Wildman–Crippen MR) is 161 cm³/mol. The van der Waals surface area contributed by atoms with E-state index >= 15 is 0 Å². The van der Waals surface area contributed by atoms with E-state index in [9.17, 15) is 0 Å². The van der Waals surface area contributed by atoms with Crippen molar-refractivity contribution < 1.29 is 4.74 Å². The van der Waals surface area contributed by atoms with Crippen molar-refractivity contribution in [3.63, 3.8) is 0 Å². The second kappa shape index (κ2) is 13.6. The summed E-state index contributed by atoms with van der Waals surface area (Å²) in [7, 11) is 1.65. The number of aryl methyl sites for hydroxylation is 1. The number of nitrogens with zero attached hydrogens (tertiary/aromatic N) is 5. The highest BCUT2D eigenvalue weighted by Crippen LogP contribution is 2.26. The Balaban J connectivity index is 0.00000353. The van der Waals surface area contributed by atoms with E-state index in [1.165, 1.54) is 11.1 Å². The number of aromatic nitrogens is 3. The summed E-state index contributed by atoms with van der Waals surface area (Å²) in [5, 5.41) is 7.68. The Labute approximate surface area is 236 Å². The standard InChI is InChI=1S/C30H33N7O.ClH/c1-22-8-12-26(13-9-22)32-28-33-29(36-31-21-25-10-14-27(38-2)15-11-25)35-30(34-28)37-18-16-24(17-19-37)20-23-6-4-3-5-7-23;/h3-15,21,24H,16-20H2,1-2H3,(H2,32,33,34,35,36);1H/b31-21-;. The van der Waals surface area contributed by atoms with Gasteiger partial charge in [-0.05, 0) is 79.6 Å². The van der Waals surface area contributed by atoms with E-state index in [0.29, 0.717) is 23.8 Å². The second-order valence-electron chi connectivity index (χ2n) is 9.54. The largest absolute Gasteiger partial charge is 0.497 e. The first-order valence-corrected chi connectivity index (χ1v) is 13.0. The fraction of sp³-hybridized carbons (Fsp3) is 0.267. The number of nitrogens with one attached hydrogen (secondary N) is 2. The number of benzene rings is 3. The molecule has 0 radical (unpaired) electrons. The van der Waals surface area contributed by atoms with Gasteiger partial charge < -0.3 is 15.0 Å². The van der Waals surface area contributed by atoms with E-state index in [2.05, 4.69) is 75.1 Å². The van der Waals surface area contributed by atoms with Crippen LogP contribution in [0.5, 0.6) is 5.75 Å². The molecule has 0 spiro atoms. The summed E-state index contributed by atoms with van der Waals surface area (Å²) in [4.78, 5) is 16.3. The Morgan fingerprint density at radius 3 is 2.28 bits per heavy atom. The molecule has 0 unspecified atom stereocenters. The number of anilines is 4. The minimum atomic E-state index is 0. The first kappa shape index (κ1) is 27.9. The summed E-state index contributed by atoms with van der Waals surface area (Å²) in [6.07, 6.45) is 5.03. The summed E-state index contributed by atoms with van der Waals surface area (Å²) in [5.41, 5.74) is 7.44. The highest BCUT2D eigenvalue weighted by atomic mass is 35.5. The van der Waals surface area contributed by atoms with Crippen molar-refractivity contribution in [2.75, 3.05) is 35.8 Å². The lowest BCUT2D eigenvalue weighted by Crippen LogP contribution is -2.35. The molecule has 1 saturated heterocycles. The van der Waals surface area contributed by atoms with Crippen LogP contribution in [0, 0.1) is 12.8 Å². The number of rotatable bonds is 9. The van der Waals surface area contributed by atoms with Gasteiger partial charge in [0.1, 0.15) is 5.75 Å². The first-order valence-electron chi connectivity index (χ1n) is 13.0. The predicted octanol–water partition coefficient (Wildman–Crippen LogP) is 6.26. The number of methoxy groups -OCH3 is 1. The van der Waals surface area contributed by atoms with E-state index in [0.717, 1.165) is 49.4 Å². The molecule has 202 valence electrons. The highest BCUT2D eigenvalue weighted by Gasteiger charge is 2.22. The lowest BCUT2D eigenvalue weighted by atomic mass is 9.90. The summed E-state index contributed by atoms with van der Waals surface area (Å²) in [6.45, 7) is 3.87. The molecule has 8 nitrogen and oxygen atoms in total. The normalized spacial score (nSPS) is 13.6. The highest BCUT2D eigenvalue weighted by molar-refractivity contribution is 5.85. The van der Waals surface area contributed by atoms with Crippen molar-refractivity contribution >= 4 is 42.2 Å². The average Bonchev–Trinajstić information content (AvgIpc) is 2.95. The zero-order valence-corrected chi connectivity index (χ0v) is 23.1. The van der Waals surface area contributed by atoms with Gasteiger partial charge in [-0.3, -0.25) is 0 Å². The summed E-state index contributed by atoms with van der Waals surface area (Å²) >= 11 is 0. The Morgan fingerprint density at radius 1 is 0.897 bits per heavy atom. The third kappa shape index (κ3) is 7.91. The fourth-order valence-electron chi connectivity index (χ4n) is 4.52. The molecule has 0 amide bonds. The third-order valence-electron chi connectivity index (χ3n) is 6.69. The number of piperidine rings is 1. The number of halogens is 1. The van der Waals surface area contributed by atoms with Crippen molar-refractivity contribution in [3.05, 3.63) is 95.6 Å². The van der Waals surface area contributed by atoms with Crippen LogP contribution in [0.2, 0.25) is 0 Å². The second-order valence-corrected chi connectivity index (χ2v) is 9.54. The van der Waals surface area contributed by atoms with Crippen LogP contribution in [0.4, 0.5) is 23.5 Å². The van der Waals surface area contributed by atoms with Gasteiger partial charge in [0.15, 0.2) is 0 Å². The van der Waals surface area contributed by atoms with Crippen LogP contribution in [0.1, 0.15) is 29.5 Å². The minimum Gasteiger partial charge on any atom is -0.497 e. The molecular formula is C30H34ClN7O. The van der Waals surface area contributed by atoms with Gasteiger partial charge in [0, 0.05) is 18.8 Å². The molecule has 1 aliphatic heterocycles. The SMILES string of the molecule is COc1ccc(/C=N\Nc2nc(Nc3ccc(C)cc3)nc(N3CCC(Cc4ccccc4)CC3)n2)cc1.Cl. The zero-order valence-electron chi connectivity index (χ0n) is 22.2. The molecule has 9 heteroatoms. The van der Waals surface area contributed by atoms with Gasteiger partial charge in [0.05, 0.1) is 13.3 Å². The topological polar surface area (TPSA) is 87.6 Å². The van der Waals surface area contributed by atoms with Gasteiger partial charge >= 0.3 is 0 Å². The molecule has 4 aromatic rings. The van der Waals surface area contributed by atoms with Crippen molar-refractivity contribution in [2.24, 2.45) is 11.0 Å². The van der Waals surface area contributed by atoms with E-state index in [1.807, 2.05) is 36.4 Å². The molecule has 3 aromatic carbocycles.